The molecule has 3 heteroatoms. The lowest BCUT2D eigenvalue weighted by molar-refractivity contribution is 0.466. The minimum Gasteiger partial charge on any atom is -0.371 e. The van der Waals surface area contributed by atoms with Gasteiger partial charge in [-0.3, -0.25) is 4.98 Å². The number of halogens is 1. The predicted molar refractivity (Wildman–Crippen MR) is 67.7 cm³/mol. The molecule has 0 radical (unpaired) electrons. The van der Waals surface area contributed by atoms with Crippen molar-refractivity contribution in [1.82, 2.24) is 4.98 Å². The van der Waals surface area contributed by atoms with Crippen LogP contribution >= 0.6 is 15.9 Å². The van der Waals surface area contributed by atoms with E-state index >= 15 is 0 Å². The molecule has 1 fully saturated rings. The third-order valence-corrected chi connectivity index (χ3v) is 4.41. The quantitative estimate of drug-likeness (QED) is 0.728. The molecule has 0 saturated carbocycles. The second-order valence-electron chi connectivity index (χ2n) is 4.38. The van der Waals surface area contributed by atoms with E-state index in [1.807, 2.05) is 13.1 Å². The summed E-state index contributed by atoms with van der Waals surface area (Å²) in [6, 6.07) is 4.27. The third-order valence-electron chi connectivity index (χ3n) is 3.05. The molecule has 82 valence electrons. The summed E-state index contributed by atoms with van der Waals surface area (Å²) in [6.45, 7) is 6.63. The van der Waals surface area contributed by atoms with Crippen LogP contribution in [0.4, 0.5) is 5.69 Å². The Morgan fingerprint density at radius 1 is 1.53 bits per heavy atom. The van der Waals surface area contributed by atoms with Crippen LogP contribution in [-0.4, -0.2) is 22.9 Å². The number of nitrogens with zero attached hydrogens (tertiary/aromatic N) is 2. The van der Waals surface area contributed by atoms with Gasteiger partial charge in [0.2, 0.25) is 0 Å². The van der Waals surface area contributed by atoms with E-state index in [0.717, 1.165) is 18.8 Å². The summed E-state index contributed by atoms with van der Waals surface area (Å²) in [7, 11) is 0. The van der Waals surface area contributed by atoms with Gasteiger partial charge in [0, 0.05) is 35.5 Å². The maximum atomic E-state index is 4.23. The summed E-state index contributed by atoms with van der Waals surface area (Å²) in [5.74, 6) is 0.715. The first-order valence-electron chi connectivity index (χ1n) is 5.48. The first kappa shape index (κ1) is 10.9. The molecule has 15 heavy (non-hydrogen) atoms. The van der Waals surface area contributed by atoms with Crippen molar-refractivity contribution < 1.29 is 0 Å². The molecular weight excluding hydrogens is 252 g/mol. The summed E-state index contributed by atoms with van der Waals surface area (Å²) >= 11 is 3.73. The Morgan fingerprint density at radius 2 is 2.33 bits per heavy atom. The molecule has 1 saturated heterocycles. The van der Waals surface area contributed by atoms with Crippen molar-refractivity contribution in [3.63, 3.8) is 0 Å². The Kier molecular flexibility index (Phi) is 3.29. The SMILES string of the molecule is Cc1cc(N2CCC(Br)C(C)C2)ccn1. The summed E-state index contributed by atoms with van der Waals surface area (Å²) in [5, 5.41) is 0. The monoisotopic (exact) mass is 268 g/mol. The van der Waals surface area contributed by atoms with E-state index in [-0.39, 0.29) is 0 Å². The second kappa shape index (κ2) is 4.52. The van der Waals surface area contributed by atoms with Crippen molar-refractivity contribution in [2.75, 3.05) is 18.0 Å². The van der Waals surface area contributed by atoms with Gasteiger partial charge in [-0.25, -0.2) is 0 Å². The fourth-order valence-corrected chi connectivity index (χ4v) is 2.45. The van der Waals surface area contributed by atoms with Crippen LogP contribution in [0.2, 0.25) is 0 Å². The maximum absolute atomic E-state index is 4.23. The number of aryl methyl sites for hydroxylation is 1. The van der Waals surface area contributed by atoms with Crippen LogP contribution in [-0.2, 0) is 0 Å². The lowest BCUT2D eigenvalue weighted by Crippen LogP contribution is -2.39. The van der Waals surface area contributed by atoms with Gasteiger partial charge < -0.3 is 4.90 Å². The number of alkyl halides is 1. The molecule has 2 rings (SSSR count). The van der Waals surface area contributed by atoms with Crippen LogP contribution in [0.15, 0.2) is 18.3 Å². The zero-order valence-corrected chi connectivity index (χ0v) is 10.9. The number of hydrogen-bond donors (Lipinski definition) is 0. The molecule has 0 N–H and O–H groups in total. The first-order valence-corrected chi connectivity index (χ1v) is 6.40. The van der Waals surface area contributed by atoms with Gasteiger partial charge in [0.05, 0.1) is 0 Å². The first-order chi connectivity index (χ1) is 7.16. The van der Waals surface area contributed by atoms with Crippen molar-refractivity contribution in [1.29, 1.82) is 0 Å². The molecule has 2 atom stereocenters. The summed E-state index contributed by atoms with van der Waals surface area (Å²) < 4.78 is 0. The van der Waals surface area contributed by atoms with Gasteiger partial charge >= 0.3 is 0 Å². The third kappa shape index (κ3) is 2.51. The predicted octanol–water partition coefficient (Wildman–Crippen LogP) is 3.00. The molecule has 2 heterocycles. The lowest BCUT2D eigenvalue weighted by atomic mass is 9.99. The number of aromatic nitrogens is 1. The molecule has 0 bridgehead atoms. The Labute approximate surface area is 99.8 Å². The van der Waals surface area contributed by atoms with Gasteiger partial charge in [-0.15, -0.1) is 0 Å². The van der Waals surface area contributed by atoms with Crippen LogP contribution < -0.4 is 4.90 Å². The van der Waals surface area contributed by atoms with Crippen molar-refractivity contribution in [3.8, 4) is 0 Å². The fourth-order valence-electron chi connectivity index (χ4n) is 2.08. The molecule has 0 spiro atoms. The normalized spacial score (nSPS) is 26.7. The molecule has 2 unspecified atom stereocenters. The molecule has 1 aliphatic heterocycles. The molecule has 1 aromatic heterocycles. The largest absolute Gasteiger partial charge is 0.371 e. The highest BCUT2D eigenvalue weighted by Crippen LogP contribution is 2.27. The highest BCUT2D eigenvalue weighted by atomic mass is 79.9. The van der Waals surface area contributed by atoms with Crippen molar-refractivity contribution in [2.24, 2.45) is 5.92 Å². The number of anilines is 1. The van der Waals surface area contributed by atoms with Crippen LogP contribution in [0, 0.1) is 12.8 Å². The van der Waals surface area contributed by atoms with E-state index in [9.17, 15) is 0 Å². The standard InChI is InChI=1S/C12H17BrN2/c1-9-8-15(6-4-12(9)13)11-3-5-14-10(2)7-11/h3,5,7,9,12H,4,6,8H2,1-2H3. The lowest BCUT2D eigenvalue weighted by Gasteiger charge is -2.36. The molecule has 1 aromatic rings. The average Bonchev–Trinajstić information content (AvgIpc) is 2.22. The molecule has 0 aliphatic carbocycles. The van der Waals surface area contributed by atoms with Crippen LogP contribution in [0.1, 0.15) is 19.0 Å². The van der Waals surface area contributed by atoms with Gasteiger partial charge in [-0.2, -0.15) is 0 Å². The average molecular weight is 269 g/mol. The Hall–Kier alpha value is -0.570. The molecular formula is C12H17BrN2. The smallest absolute Gasteiger partial charge is 0.0399 e. The highest BCUT2D eigenvalue weighted by molar-refractivity contribution is 9.09. The zero-order valence-electron chi connectivity index (χ0n) is 9.28. The van der Waals surface area contributed by atoms with Gasteiger partial charge in [-0.05, 0) is 31.4 Å². The van der Waals surface area contributed by atoms with E-state index in [4.69, 9.17) is 0 Å². The number of piperidine rings is 1. The van der Waals surface area contributed by atoms with E-state index < -0.39 is 0 Å². The van der Waals surface area contributed by atoms with Crippen LogP contribution in [0.25, 0.3) is 0 Å². The second-order valence-corrected chi connectivity index (χ2v) is 5.56. The van der Waals surface area contributed by atoms with E-state index in [1.54, 1.807) is 0 Å². The van der Waals surface area contributed by atoms with Crippen LogP contribution in [0.5, 0.6) is 0 Å². The van der Waals surface area contributed by atoms with Crippen molar-refractivity contribution >= 4 is 21.6 Å². The molecule has 1 aliphatic rings. The summed E-state index contributed by atoms with van der Waals surface area (Å²) in [6.07, 6.45) is 3.12. The minimum absolute atomic E-state index is 0.677. The van der Waals surface area contributed by atoms with Gasteiger partial charge in [0.15, 0.2) is 0 Å². The fraction of sp³-hybridized carbons (Fsp3) is 0.583. The number of pyridine rings is 1. The van der Waals surface area contributed by atoms with E-state index in [0.29, 0.717) is 10.7 Å². The Bertz CT molecular complexity index is 340. The van der Waals surface area contributed by atoms with Crippen LogP contribution in [0.3, 0.4) is 0 Å². The highest BCUT2D eigenvalue weighted by Gasteiger charge is 2.23. The van der Waals surface area contributed by atoms with Gasteiger partial charge in [-0.1, -0.05) is 22.9 Å². The summed E-state index contributed by atoms with van der Waals surface area (Å²) in [4.78, 5) is 7.37. The number of hydrogen-bond acceptors (Lipinski definition) is 2. The van der Waals surface area contributed by atoms with Crippen molar-refractivity contribution in [2.45, 2.75) is 25.1 Å². The van der Waals surface area contributed by atoms with E-state index in [2.05, 4.69) is 44.9 Å². The minimum atomic E-state index is 0.677. The van der Waals surface area contributed by atoms with Crippen molar-refractivity contribution in [3.05, 3.63) is 24.0 Å². The molecule has 0 amide bonds. The van der Waals surface area contributed by atoms with Gasteiger partial charge in [0.1, 0.15) is 0 Å². The zero-order chi connectivity index (χ0) is 10.8. The van der Waals surface area contributed by atoms with Gasteiger partial charge in [0.25, 0.3) is 0 Å². The Morgan fingerprint density at radius 3 is 3.00 bits per heavy atom. The topological polar surface area (TPSA) is 16.1 Å². The maximum Gasteiger partial charge on any atom is 0.0399 e. The Balaban J connectivity index is 2.12. The number of rotatable bonds is 1. The van der Waals surface area contributed by atoms with E-state index in [1.165, 1.54) is 12.1 Å². The summed E-state index contributed by atoms with van der Waals surface area (Å²) in [5.41, 5.74) is 2.41. The molecule has 0 aromatic carbocycles. The molecule has 2 nitrogen and oxygen atoms in total.